The molecule has 0 aromatic carbocycles. The third-order valence-corrected chi connectivity index (χ3v) is 3.21. The van der Waals surface area contributed by atoms with E-state index in [0.717, 1.165) is 4.88 Å². The van der Waals surface area contributed by atoms with Gasteiger partial charge in [0.05, 0.1) is 10.6 Å². The molecule has 0 amide bonds. The Bertz CT molecular complexity index is 522. The van der Waals surface area contributed by atoms with Crippen molar-refractivity contribution in [3.8, 4) is 10.7 Å². The first-order valence-corrected chi connectivity index (χ1v) is 5.72. The number of aromatic nitrogens is 2. The first-order chi connectivity index (χ1) is 7.61. The summed E-state index contributed by atoms with van der Waals surface area (Å²) < 4.78 is 13.5. The van der Waals surface area contributed by atoms with Crippen LogP contribution in [0.1, 0.15) is 10.6 Å². The summed E-state index contributed by atoms with van der Waals surface area (Å²) in [6.45, 7) is 3.66. The fourth-order valence-corrected chi connectivity index (χ4v) is 2.19. The minimum absolute atomic E-state index is 0.244. The summed E-state index contributed by atoms with van der Waals surface area (Å²) in [5.41, 5.74) is 0.361. The van der Waals surface area contributed by atoms with E-state index >= 15 is 0 Å². The number of hydrogen-bond donors (Lipinski definition) is 1. The molecule has 84 valence electrons. The van der Waals surface area contributed by atoms with Crippen molar-refractivity contribution in [3.63, 3.8) is 0 Å². The van der Waals surface area contributed by atoms with Crippen molar-refractivity contribution in [3.05, 3.63) is 28.5 Å². The van der Waals surface area contributed by atoms with Crippen LogP contribution in [0.3, 0.4) is 0 Å². The van der Waals surface area contributed by atoms with Crippen LogP contribution in [0.2, 0.25) is 0 Å². The van der Waals surface area contributed by atoms with Gasteiger partial charge in [-0.2, -0.15) is 0 Å². The number of anilines is 1. The quantitative estimate of drug-likeness (QED) is 0.872. The Morgan fingerprint density at radius 3 is 2.56 bits per heavy atom. The Morgan fingerprint density at radius 2 is 2.00 bits per heavy atom. The molecule has 0 unspecified atom stereocenters. The zero-order valence-corrected chi connectivity index (χ0v) is 10.2. The van der Waals surface area contributed by atoms with Crippen molar-refractivity contribution >= 4 is 17.2 Å². The summed E-state index contributed by atoms with van der Waals surface area (Å²) in [5.74, 6) is 0.425. The lowest BCUT2D eigenvalue weighted by Gasteiger charge is -2.05. The predicted molar refractivity (Wildman–Crippen MR) is 64.3 cm³/mol. The van der Waals surface area contributed by atoms with Crippen LogP contribution >= 0.6 is 11.3 Å². The number of aryl methyl sites for hydroxylation is 2. The molecule has 0 aliphatic carbocycles. The molecule has 0 aliphatic rings. The molecule has 1 N–H and O–H groups in total. The Hall–Kier alpha value is -1.49. The molecule has 2 heterocycles. The van der Waals surface area contributed by atoms with E-state index in [1.807, 2.05) is 19.1 Å². The van der Waals surface area contributed by atoms with Gasteiger partial charge in [-0.25, -0.2) is 14.4 Å². The van der Waals surface area contributed by atoms with E-state index < -0.39 is 0 Å². The van der Waals surface area contributed by atoms with Crippen molar-refractivity contribution in [2.45, 2.75) is 13.8 Å². The standard InChI is InChI=1S/C11H12FN3S/c1-6-4-5-8(16-6)10-14-7(2)9(12)11(13-3)15-10/h4-5H,1-3H3,(H,13,14,15). The summed E-state index contributed by atoms with van der Waals surface area (Å²) in [5, 5.41) is 2.73. The van der Waals surface area contributed by atoms with E-state index in [1.165, 1.54) is 4.88 Å². The Morgan fingerprint density at radius 1 is 1.25 bits per heavy atom. The molecule has 2 aromatic rings. The topological polar surface area (TPSA) is 37.8 Å². The van der Waals surface area contributed by atoms with Gasteiger partial charge in [0.25, 0.3) is 0 Å². The van der Waals surface area contributed by atoms with Gasteiger partial charge in [-0.05, 0) is 26.0 Å². The van der Waals surface area contributed by atoms with Crippen LogP contribution in [0.4, 0.5) is 10.2 Å². The number of nitrogens with one attached hydrogen (secondary N) is 1. The van der Waals surface area contributed by atoms with E-state index in [9.17, 15) is 4.39 Å². The van der Waals surface area contributed by atoms with Crippen LogP contribution in [0.25, 0.3) is 10.7 Å². The molecule has 0 saturated heterocycles. The van der Waals surface area contributed by atoms with E-state index in [-0.39, 0.29) is 11.6 Å². The second kappa shape index (κ2) is 4.17. The van der Waals surface area contributed by atoms with Crippen LogP contribution in [-0.2, 0) is 0 Å². The third kappa shape index (κ3) is 1.90. The summed E-state index contributed by atoms with van der Waals surface area (Å²) in [6.07, 6.45) is 0. The minimum atomic E-state index is -0.389. The average molecular weight is 237 g/mol. The molecular formula is C11H12FN3S. The van der Waals surface area contributed by atoms with Gasteiger partial charge in [-0.1, -0.05) is 0 Å². The fourth-order valence-electron chi connectivity index (χ4n) is 1.39. The van der Waals surface area contributed by atoms with E-state index in [4.69, 9.17) is 0 Å². The molecule has 0 spiro atoms. The smallest absolute Gasteiger partial charge is 0.186 e. The summed E-state index contributed by atoms with van der Waals surface area (Å²) in [7, 11) is 1.65. The maximum Gasteiger partial charge on any atom is 0.186 e. The van der Waals surface area contributed by atoms with Gasteiger partial charge >= 0.3 is 0 Å². The molecule has 0 bridgehead atoms. The Balaban J connectivity index is 2.54. The number of halogens is 1. The number of hydrogen-bond acceptors (Lipinski definition) is 4. The van der Waals surface area contributed by atoms with Crippen LogP contribution in [0, 0.1) is 19.7 Å². The first kappa shape index (κ1) is 11.0. The average Bonchev–Trinajstić information content (AvgIpc) is 2.69. The summed E-state index contributed by atoms with van der Waals surface area (Å²) in [4.78, 5) is 10.4. The fraction of sp³-hybridized carbons (Fsp3) is 0.273. The van der Waals surface area contributed by atoms with Crippen molar-refractivity contribution in [2.75, 3.05) is 12.4 Å². The lowest BCUT2D eigenvalue weighted by Crippen LogP contribution is -2.02. The maximum atomic E-state index is 13.5. The Kier molecular flexibility index (Phi) is 2.87. The maximum absolute atomic E-state index is 13.5. The molecule has 2 aromatic heterocycles. The molecule has 0 radical (unpaired) electrons. The molecule has 3 nitrogen and oxygen atoms in total. The van der Waals surface area contributed by atoms with Gasteiger partial charge in [-0.15, -0.1) is 11.3 Å². The minimum Gasteiger partial charge on any atom is -0.371 e. The van der Waals surface area contributed by atoms with Crippen molar-refractivity contribution < 1.29 is 4.39 Å². The van der Waals surface area contributed by atoms with Gasteiger partial charge in [0.1, 0.15) is 0 Å². The second-order valence-electron chi connectivity index (χ2n) is 3.46. The molecular weight excluding hydrogens is 225 g/mol. The highest BCUT2D eigenvalue weighted by molar-refractivity contribution is 7.15. The van der Waals surface area contributed by atoms with E-state index in [0.29, 0.717) is 11.5 Å². The van der Waals surface area contributed by atoms with Crippen molar-refractivity contribution in [1.82, 2.24) is 9.97 Å². The van der Waals surface area contributed by atoms with Gasteiger partial charge < -0.3 is 5.32 Å². The van der Waals surface area contributed by atoms with Crippen LogP contribution in [0.5, 0.6) is 0 Å². The highest BCUT2D eigenvalue weighted by atomic mass is 32.1. The van der Waals surface area contributed by atoms with Crippen LogP contribution in [0.15, 0.2) is 12.1 Å². The summed E-state index contributed by atoms with van der Waals surface area (Å²) >= 11 is 1.60. The molecule has 0 fully saturated rings. The normalized spacial score (nSPS) is 10.5. The number of nitrogens with zero attached hydrogens (tertiary/aromatic N) is 2. The van der Waals surface area contributed by atoms with Crippen molar-refractivity contribution in [2.24, 2.45) is 0 Å². The lowest BCUT2D eigenvalue weighted by atomic mass is 10.3. The zero-order chi connectivity index (χ0) is 11.7. The largest absolute Gasteiger partial charge is 0.371 e. The molecule has 2 rings (SSSR count). The van der Waals surface area contributed by atoms with E-state index in [2.05, 4.69) is 15.3 Å². The van der Waals surface area contributed by atoms with Crippen molar-refractivity contribution in [1.29, 1.82) is 0 Å². The highest BCUT2D eigenvalue weighted by Gasteiger charge is 2.12. The molecule has 0 atom stereocenters. The third-order valence-electron chi connectivity index (χ3n) is 2.21. The van der Waals surface area contributed by atoms with Gasteiger partial charge in [0, 0.05) is 11.9 Å². The second-order valence-corrected chi connectivity index (χ2v) is 4.74. The first-order valence-electron chi connectivity index (χ1n) is 4.90. The molecule has 0 saturated carbocycles. The monoisotopic (exact) mass is 237 g/mol. The van der Waals surface area contributed by atoms with Crippen LogP contribution < -0.4 is 5.32 Å². The van der Waals surface area contributed by atoms with Gasteiger partial charge in [-0.3, -0.25) is 0 Å². The molecule has 16 heavy (non-hydrogen) atoms. The highest BCUT2D eigenvalue weighted by Crippen LogP contribution is 2.26. The SMILES string of the molecule is CNc1nc(-c2ccc(C)s2)nc(C)c1F. The summed E-state index contributed by atoms with van der Waals surface area (Å²) in [6, 6.07) is 3.95. The predicted octanol–water partition coefficient (Wildman–Crippen LogP) is 3.00. The van der Waals surface area contributed by atoms with E-state index in [1.54, 1.807) is 25.3 Å². The van der Waals surface area contributed by atoms with Gasteiger partial charge in [0.15, 0.2) is 17.5 Å². The molecule has 0 aliphatic heterocycles. The molecule has 5 heteroatoms. The number of thiophene rings is 1. The van der Waals surface area contributed by atoms with Gasteiger partial charge in [0.2, 0.25) is 0 Å². The zero-order valence-electron chi connectivity index (χ0n) is 9.34. The number of rotatable bonds is 2. The Labute approximate surface area is 97.4 Å². The van der Waals surface area contributed by atoms with Crippen LogP contribution in [-0.4, -0.2) is 17.0 Å². The lowest BCUT2D eigenvalue weighted by molar-refractivity contribution is 0.607.